The van der Waals surface area contributed by atoms with Gasteiger partial charge in [0.15, 0.2) is 0 Å². The third-order valence-electron chi connectivity index (χ3n) is 3.91. The molecular weight excluding hydrogens is 260 g/mol. The molecule has 0 unspecified atom stereocenters. The number of nitrogens with one attached hydrogen (secondary N) is 1. The van der Waals surface area contributed by atoms with Crippen molar-refractivity contribution in [2.45, 2.75) is 33.8 Å². The fourth-order valence-electron chi connectivity index (χ4n) is 3.01. The minimum atomic E-state index is -0.274. The first-order valence-electron chi connectivity index (χ1n) is 6.17. The number of ether oxygens (including phenoxy) is 1. The second kappa shape index (κ2) is 4.25. The van der Waals surface area contributed by atoms with E-state index < -0.39 is 0 Å². The zero-order valence-electron chi connectivity index (χ0n) is 11.5. The fourth-order valence-corrected chi connectivity index (χ4v) is 3.22. The Hall–Kier alpha value is -1.53. The molecule has 1 aromatic rings. The first-order chi connectivity index (χ1) is 8.71. The third-order valence-corrected chi connectivity index (χ3v) is 4.23. The van der Waals surface area contributed by atoms with Crippen LogP contribution in [0.2, 0.25) is 5.02 Å². The highest BCUT2D eigenvalue weighted by Crippen LogP contribution is 2.52. The summed E-state index contributed by atoms with van der Waals surface area (Å²) in [5, 5.41) is 17.3. The summed E-state index contributed by atoms with van der Waals surface area (Å²) in [4.78, 5) is 0. The lowest BCUT2D eigenvalue weighted by Crippen LogP contribution is -2.66. The number of nitrogens with zero attached hydrogens (tertiary/aromatic N) is 1. The standard InChI is InChI=1S/C15H17ClN2O/c1-14(2)12(18)15(3,4)13(14)19-10-6-5-9(8-17)11(16)7-10/h5-7,13,18H,1-4H3. The molecule has 0 saturated heterocycles. The summed E-state index contributed by atoms with van der Waals surface area (Å²) in [7, 11) is 0. The van der Waals surface area contributed by atoms with Crippen molar-refractivity contribution >= 4 is 17.3 Å². The van der Waals surface area contributed by atoms with Crippen molar-refractivity contribution in [3.8, 4) is 11.8 Å². The molecule has 0 aromatic heterocycles. The summed E-state index contributed by atoms with van der Waals surface area (Å²) in [6, 6.07) is 7.09. The fraction of sp³-hybridized carbons (Fsp3) is 0.467. The van der Waals surface area contributed by atoms with E-state index in [2.05, 4.69) is 0 Å². The van der Waals surface area contributed by atoms with Crippen LogP contribution in [-0.4, -0.2) is 11.8 Å². The van der Waals surface area contributed by atoms with Crippen LogP contribution in [0, 0.1) is 27.6 Å². The van der Waals surface area contributed by atoms with Crippen molar-refractivity contribution < 1.29 is 4.74 Å². The Bertz CT molecular complexity index is 566. The van der Waals surface area contributed by atoms with Crippen molar-refractivity contribution in [3.05, 3.63) is 28.8 Å². The van der Waals surface area contributed by atoms with Gasteiger partial charge in [0.05, 0.1) is 10.6 Å². The molecule has 3 nitrogen and oxygen atoms in total. The van der Waals surface area contributed by atoms with E-state index in [-0.39, 0.29) is 16.9 Å². The summed E-state index contributed by atoms with van der Waals surface area (Å²) in [6.07, 6.45) is -0.0727. The van der Waals surface area contributed by atoms with Gasteiger partial charge >= 0.3 is 0 Å². The molecule has 4 heteroatoms. The lowest BCUT2D eigenvalue weighted by Gasteiger charge is -2.57. The average Bonchev–Trinajstić information content (AvgIpc) is 2.34. The average molecular weight is 277 g/mol. The normalized spacial score (nSPS) is 23.4. The number of halogens is 1. The minimum Gasteiger partial charge on any atom is -0.488 e. The Kier molecular flexibility index (Phi) is 3.10. The highest BCUT2D eigenvalue weighted by atomic mass is 35.5. The second-order valence-electron chi connectivity index (χ2n) is 6.07. The molecule has 1 N–H and O–H groups in total. The van der Waals surface area contributed by atoms with Gasteiger partial charge in [-0.3, -0.25) is 0 Å². The molecule has 1 fully saturated rings. The Balaban J connectivity index is 2.25. The van der Waals surface area contributed by atoms with Crippen LogP contribution in [0.15, 0.2) is 18.2 Å². The smallest absolute Gasteiger partial charge is 0.121 e. The molecular formula is C15H17ClN2O. The van der Waals surface area contributed by atoms with Crippen molar-refractivity contribution in [2.24, 2.45) is 10.8 Å². The maximum Gasteiger partial charge on any atom is 0.121 e. The van der Waals surface area contributed by atoms with Crippen LogP contribution in [-0.2, 0) is 0 Å². The minimum absolute atomic E-state index is 0.0727. The highest BCUT2D eigenvalue weighted by molar-refractivity contribution is 6.31. The number of rotatable bonds is 2. The van der Waals surface area contributed by atoms with E-state index in [4.69, 9.17) is 27.0 Å². The monoisotopic (exact) mass is 276 g/mol. The van der Waals surface area contributed by atoms with Crippen LogP contribution in [0.3, 0.4) is 0 Å². The molecule has 1 aliphatic carbocycles. The predicted molar refractivity (Wildman–Crippen MR) is 75.9 cm³/mol. The topological polar surface area (TPSA) is 56.9 Å². The Morgan fingerprint density at radius 3 is 2.32 bits per heavy atom. The summed E-state index contributed by atoms with van der Waals surface area (Å²) < 4.78 is 6.00. The molecule has 0 radical (unpaired) electrons. The van der Waals surface area contributed by atoms with Crippen LogP contribution >= 0.6 is 11.6 Å². The predicted octanol–water partition coefficient (Wildman–Crippen LogP) is 4.04. The molecule has 1 saturated carbocycles. The van der Waals surface area contributed by atoms with Gasteiger partial charge in [0, 0.05) is 22.6 Å². The van der Waals surface area contributed by atoms with Crippen molar-refractivity contribution in [1.29, 1.82) is 10.7 Å². The van der Waals surface area contributed by atoms with Crippen LogP contribution < -0.4 is 4.74 Å². The Morgan fingerprint density at radius 2 is 1.84 bits per heavy atom. The first kappa shape index (κ1) is 13.9. The molecule has 0 bridgehead atoms. The van der Waals surface area contributed by atoms with Gasteiger partial charge in [-0.05, 0) is 12.1 Å². The first-order valence-corrected chi connectivity index (χ1v) is 6.55. The number of benzene rings is 1. The Labute approximate surface area is 118 Å². The summed E-state index contributed by atoms with van der Waals surface area (Å²) in [5.74, 6) is 0.641. The lowest BCUT2D eigenvalue weighted by molar-refractivity contribution is -0.00916. The van der Waals surface area contributed by atoms with Crippen LogP contribution in [0.4, 0.5) is 0 Å². The van der Waals surface area contributed by atoms with Crippen LogP contribution in [0.5, 0.6) is 5.75 Å². The number of hydrogen-bond acceptors (Lipinski definition) is 3. The van der Waals surface area contributed by atoms with Crippen LogP contribution in [0.25, 0.3) is 0 Å². The zero-order chi connectivity index (χ0) is 14.4. The molecule has 19 heavy (non-hydrogen) atoms. The molecule has 0 amide bonds. The van der Waals surface area contributed by atoms with Gasteiger partial charge in [0.2, 0.25) is 0 Å². The molecule has 0 spiro atoms. The van der Waals surface area contributed by atoms with Crippen molar-refractivity contribution in [2.75, 3.05) is 0 Å². The van der Waals surface area contributed by atoms with E-state index in [1.54, 1.807) is 18.2 Å². The van der Waals surface area contributed by atoms with Gasteiger partial charge in [-0.25, -0.2) is 0 Å². The molecule has 1 aromatic carbocycles. The highest BCUT2D eigenvalue weighted by Gasteiger charge is 2.60. The van der Waals surface area contributed by atoms with Crippen molar-refractivity contribution in [1.82, 2.24) is 0 Å². The lowest BCUT2D eigenvalue weighted by atomic mass is 9.52. The number of hydrogen-bond donors (Lipinski definition) is 1. The van der Waals surface area contributed by atoms with Gasteiger partial charge in [-0.2, -0.15) is 5.26 Å². The van der Waals surface area contributed by atoms with Gasteiger partial charge in [0.25, 0.3) is 0 Å². The second-order valence-corrected chi connectivity index (χ2v) is 6.48. The molecule has 2 rings (SSSR count). The molecule has 0 aliphatic heterocycles. The molecule has 0 heterocycles. The van der Waals surface area contributed by atoms with E-state index >= 15 is 0 Å². The summed E-state index contributed by atoms with van der Waals surface area (Å²) in [5.41, 5.74) is 0.590. The van der Waals surface area contributed by atoms with E-state index in [0.29, 0.717) is 22.0 Å². The molecule has 0 atom stereocenters. The van der Waals surface area contributed by atoms with Gasteiger partial charge in [0.1, 0.15) is 17.9 Å². The van der Waals surface area contributed by atoms with Gasteiger partial charge in [-0.1, -0.05) is 39.3 Å². The van der Waals surface area contributed by atoms with Crippen molar-refractivity contribution in [3.63, 3.8) is 0 Å². The summed E-state index contributed by atoms with van der Waals surface area (Å²) in [6.45, 7) is 8.04. The van der Waals surface area contributed by atoms with E-state index in [0.717, 1.165) is 0 Å². The zero-order valence-corrected chi connectivity index (χ0v) is 12.3. The SMILES string of the molecule is CC1(C)C(=N)C(C)(C)C1Oc1ccc(C#N)c(Cl)c1. The summed E-state index contributed by atoms with van der Waals surface area (Å²) >= 11 is 6.00. The van der Waals surface area contributed by atoms with E-state index in [9.17, 15) is 0 Å². The van der Waals surface area contributed by atoms with Crippen LogP contribution in [0.1, 0.15) is 33.3 Å². The number of nitriles is 1. The maximum absolute atomic E-state index is 8.85. The molecule has 100 valence electrons. The third kappa shape index (κ3) is 2.01. The molecule has 1 aliphatic rings. The largest absolute Gasteiger partial charge is 0.488 e. The maximum atomic E-state index is 8.85. The quantitative estimate of drug-likeness (QED) is 0.886. The Morgan fingerprint density at radius 1 is 1.26 bits per heavy atom. The van der Waals surface area contributed by atoms with E-state index in [1.807, 2.05) is 33.8 Å². The van der Waals surface area contributed by atoms with Gasteiger partial charge in [-0.15, -0.1) is 0 Å². The van der Waals surface area contributed by atoms with E-state index in [1.165, 1.54) is 0 Å². The van der Waals surface area contributed by atoms with Gasteiger partial charge < -0.3 is 10.1 Å².